The van der Waals surface area contributed by atoms with Gasteiger partial charge in [0.05, 0.1) is 6.04 Å². The van der Waals surface area contributed by atoms with Crippen LogP contribution in [0.5, 0.6) is 0 Å². The summed E-state index contributed by atoms with van der Waals surface area (Å²) < 4.78 is 0. The highest BCUT2D eigenvalue weighted by molar-refractivity contribution is 7.09. The molecule has 3 rings (SSSR count). The number of carbonyl (C=O) groups is 1. The minimum atomic E-state index is 0.0481. The fourth-order valence-corrected chi connectivity index (χ4v) is 4.62. The lowest BCUT2D eigenvalue weighted by Gasteiger charge is -2.31. The second-order valence-electron chi connectivity index (χ2n) is 7.16. The first-order valence-electron chi connectivity index (χ1n) is 9.51. The van der Waals surface area contributed by atoms with Gasteiger partial charge in [0.1, 0.15) is 0 Å². The monoisotopic (exact) mass is 349 g/mol. The Kier molecular flexibility index (Phi) is 6.69. The molecular formula is C19H31N3OS. The van der Waals surface area contributed by atoms with Crippen LogP contribution in [0.3, 0.4) is 0 Å². The number of amides is 1. The summed E-state index contributed by atoms with van der Waals surface area (Å²) in [4.78, 5) is 21.4. The molecule has 0 spiro atoms. The predicted molar refractivity (Wildman–Crippen MR) is 100 cm³/mol. The lowest BCUT2D eigenvalue weighted by atomic mass is 10.2. The molecule has 1 aromatic heterocycles. The Balaban J connectivity index is 1.51. The number of nitrogens with zero attached hydrogens (tertiary/aromatic N) is 3. The van der Waals surface area contributed by atoms with E-state index in [0.29, 0.717) is 5.91 Å². The second kappa shape index (κ2) is 8.97. The summed E-state index contributed by atoms with van der Waals surface area (Å²) in [6.45, 7) is 9.20. The quantitative estimate of drug-likeness (QED) is 0.836. The van der Waals surface area contributed by atoms with Crippen molar-refractivity contribution >= 4 is 17.2 Å². The summed E-state index contributed by atoms with van der Waals surface area (Å²) in [5, 5.41) is 2.14. The smallest absolute Gasteiger partial charge is 0.239 e. The van der Waals surface area contributed by atoms with Crippen molar-refractivity contribution in [3.8, 4) is 0 Å². The van der Waals surface area contributed by atoms with Crippen LogP contribution >= 0.6 is 11.3 Å². The van der Waals surface area contributed by atoms with E-state index in [1.807, 2.05) is 11.3 Å². The third-order valence-electron chi connectivity index (χ3n) is 5.41. The summed E-state index contributed by atoms with van der Waals surface area (Å²) in [5.41, 5.74) is 0. The number of rotatable bonds is 4. The molecule has 24 heavy (non-hydrogen) atoms. The fourth-order valence-electron chi connectivity index (χ4n) is 3.88. The molecule has 0 aliphatic carbocycles. The van der Waals surface area contributed by atoms with E-state index >= 15 is 0 Å². The van der Waals surface area contributed by atoms with Crippen LogP contribution in [0.25, 0.3) is 0 Å². The van der Waals surface area contributed by atoms with Crippen molar-refractivity contribution < 1.29 is 4.79 Å². The van der Waals surface area contributed by atoms with Gasteiger partial charge >= 0.3 is 0 Å². The highest BCUT2D eigenvalue weighted by atomic mass is 32.1. The molecule has 2 saturated heterocycles. The second-order valence-corrected chi connectivity index (χ2v) is 8.19. The number of likely N-dealkylation sites (tertiary alicyclic amines) is 1. The Hall–Kier alpha value is -0.910. The zero-order valence-electron chi connectivity index (χ0n) is 15.0. The van der Waals surface area contributed by atoms with Crippen molar-refractivity contribution in [3.63, 3.8) is 0 Å². The van der Waals surface area contributed by atoms with E-state index in [0.717, 1.165) is 52.2 Å². The summed E-state index contributed by atoms with van der Waals surface area (Å²) in [6.07, 6.45) is 6.21. The van der Waals surface area contributed by atoms with Crippen molar-refractivity contribution in [3.05, 3.63) is 22.4 Å². The van der Waals surface area contributed by atoms with E-state index in [-0.39, 0.29) is 6.04 Å². The number of hydrogen-bond acceptors (Lipinski definition) is 4. The molecule has 0 unspecified atom stereocenters. The molecule has 2 fully saturated rings. The molecule has 134 valence electrons. The maximum atomic E-state index is 13.0. The maximum absolute atomic E-state index is 13.0. The van der Waals surface area contributed by atoms with Crippen molar-refractivity contribution in [2.45, 2.75) is 51.6 Å². The molecule has 3 heterocycles. The van der Waals surface area contributed by atoms with Crippen LogP contribution < -0.4 is 0 Å². The zero-order valence-corrected chi connectivity index (χ0v) is 15.8. The van der Waals surface area contributed by atoms with Crippen molar-refractivity contribution in [1.29, 1.82) is 0 Å². The van der Waals surface area contributed by atoms with Gasteiger partial charge in [0, 0.05) is 37.6 Å². The first kappa shape index (κ1) is 17.9. The van der Waals surface area contributed by atoms with E-state index in [4.69, 9.17) is 0 Å². The molecule has 0 aromatic carbocycles. The lowest BCUT2D eigenvalue weighted by molar-refractivity contribution is -0.136. The Morgan fingerprint density at radius 1 is 1.04 bits per heavy atom. The molecule has 0 saturated carbocycles. The largest absolute Gasteiger partial charge is 0.340 e. The fraction of sp³-hybridized carbons (Fsp3) is 0.737. The first-order chi connectivity index (χ1) is 11.7. The zero-order chi connectivity index (χ0) is 16.8. The van der Waals surface area contributed by atoms with E-state index in [2.05, 4.69) is 39.1 Å². The minimum Gasteiger partial charge on any atom is -0.340 e. The summed E-state index contributed by atoms with van der Waals surface area (Å²) >= 11 is 1.83. The van der Waals surface area contributed by atoms with Gasteiger partial charge in [-0.2, -0.15) is 0 Å². The summed E-state index contributed by atoms with van der Waals surface area (Å²) in [7, 11) is 0. The van der Waals surface area contributed by atoms with E-state index in [1.54, 1.807) is 0 Å². The van der Waals surface area contributed by atoms with Crippen molar-refractivity contribution in [1.82, 2.24) is 14.7 Å². The number of carbonyl (C=O) groups excluding carboxylic acids is 1. The average molecular weight is 350 g/mol. The third-order valence-corrected chi connectivity index (χ3v) is 6.27. The molecule has 0 N–H and O–H groups in total. The van der Waals surface area contributed by atoms with Crippen LogP contribution in [-0.2, 0) is 11.3 Å². The van der Waals surface area contributed by atoms with Crippen LogP contribution in [0.1, 0.15) is 43.9 Å². The van der Waals surface area contributed by atoms with Crippen LogP contribution in [0, 0.1) is 0 Å². The lowest BCUT2D eigenvalue weighted by Crippen LogP contribution is -2.48. The highest BCUT2D eigenvalue weighted by Crippen LogP contribution is 2.17. The number of thiophene rings is 1. The van der Waals surface area contributed by atoms with Gasteiger partial charge in [0.25, 0.3) is 0 Å². The SMILES string of the molecule is C[C@H](C(=O)N1CCCN(Cc2cccs2)CC1)N1CCCCCC1. The van der Waals surface area contributed by atoms with E-state index in [9.17, 15) is 4.79 Å². The van der Waals surface area contributed by atoms with Crippen molar-refractivity contribution in [2.24, 2.45) is 0 Å². The van der Waals surface area contributed by atoms with Gasteiger partial charge in [-0.25, -0.2) is 0 Å². The van der Waals surface area contributed by atoms with Crippen LogP contribution in [-0.4, -0.2) is 65.9 Å². The molecule has 4 nitrogen and oxygen atoms in total. The normalized spacial score (nSPS) is 22.8. The van der Waals surface area contributed by atoms with Gasteiger partial charge in [-0.3, -0.25) is 14.6 Å². The van der Waals surface area contributed by atoms with Gasteiger partial charge in [0.15, 0.2) is 0 Å². The molecule has 1 atom stereocenters. The molecule has 0 bridgehead atoms. The van der Waals surface area contributed by atoms with Crippen LogP contribution in [0.15, 0.2) is 17.5 Å². The summed E-state index contributed by atoms with van der Waals surface area (Å²) in [6, 6.07) is 4.38. The molecular weight excluding hydrogens is 318 g/mol. The van der Waals surface area contributed by atoms with E-state index in [1.165, 1.54) is 30.6 Å². The minimum absolute atomic E-state index is 0.0481. The topological polar surface area (TPSA) is 26.8 Å². The molecule has 1 amide bonds. The highest BCUT2D eigenvalue weighted by Gasteiger charge is 2.27. The van der Waals surface area contributed by atoms with Gasteiger partial charge in [-0.1, -0.05) is 18.9 Å². The Bertz CT molecular complexity index is 497. The molecule has 5 heteroatoms. The van der Waals surface area contributed by atoms with Gasteiger partial charge in [-0.15, -0.1) is 11.3 Å². The Morgan fingerprint density at radius 2 is 1.83 bits per heavy atom. The maximum Gasteiger partial charge on any atom is 0.239 e. The first-order valence-corrected chi connectivity index (χ1v) is 10.4. The third kappa shape index (κ3) is 4.80. The molecule has 1 aromatic rings. The van der Waals surface area contributed by atoms with Crippen LogP contribution in [0.4, 0.5) is 0 Å². The number of hydrogen-bond donors (Lipinski definition) is 0. The molecule has 2 aliphatic heterocycles. The standard InChI is InChI=1S/C19H31N3OS/c1-17(21-10-4-2-3-5-11-21)19(23)22-12-7-9-20(13-14-22)16-18-8-6-15-24-18/h6,8,15,17H,2-5,7,9-14,16H2,1H3/t17-/m1/s1. The Morgan fingerprint density at radius 3 is 2.54 bits per heavy atom. The molecule has 2 aliphatic rings. The predicted octanol–water partition coefficient (Wildman–Crippen LogP) is 3.05. The van der Waals surface area contributed by atoms with E-state index < -0.39 is 0 Å². The van der Waals surface area contributed by atoms with Crippen LogP contribution in [0.2, 0.25) is 0 Å². The van der Waals surface area contributed by atoms with Gasteiger partial charge in [-0.05, 0) is 50.7 Å². The molecule has 0 radical (unpaired) electrons. The average Bonchev–Trinajstić information content (AvgIpc) is 2.84. The van der Waals surface area contributed by atoms with Gasteiger partial charge in [0.2, 0.25) is 5.91 Å². The van der Waals surface area contributed by atoms with Crippen molar-refractivity contribution in [2.75, 3.05) is 39.3 Å². The summed E-state index contributed by atoms with van der Waals surface area (Å²) in [5.74, 6) is 0.342. The van der Waals surface area contributed by atoms with Gasteiger partial charge < -0.3 is 4.90 Å². The Labute approximate surface area is 150 Å².